The Morgan fingerprint density at radius 2 is 2.09 bits per heavy atom. The standard InChI is InChI=1S/C15H12F4N4/c1-14(15(17,18)19)4-2-11(16)13(6-14)23-8-10(7-22-23)12-3-5-20-9-21-12/h2-5,7-9H,6H2,1H3. The van der Waals surface area contributed by atoms with Gasteiger partial charge in [0.15, 0.2) is 0 Å². The zero-order valence-electron chi connectivity index (χ0n) is 12.0. The summed E-state index contributed by atoms with van der Waals surface area (Å²) in [4.78, 5) is 7.81. The fraction of sp³-hybridized carbons (Fsp3) is 0.267. The van der Waals surface area contributed by atoms with Gasteiger partial charge in [-0.1, -0.05) is 6.08 Å². The van der Waals surface area contributed by atoms with Crippen LogP contribution in [0.4, 0.5) is 17.6 Å². The average molecular weight is 324 g/mol. The van der Waals surface area contributed by atoms with Crippen LogP contribution in [-0.2, 0) is 0 Å². The Balaban J connectivity index is 1.96. The molecule has 0 saturated heterocycles. The van der Waals surface area contributed by atoms with Crippen molar-refractivity contribution in [1.82, 2.24) is 19.7 Å². The molecule has 23 heavy (non-hydrogen) atoms. The molecule has 0 aromatic carbocycles. The van der Waals surface area contributed by atoms with Crippen LogP contribution in [0.2, 0.25) is 0 Å². The Hall–Kier alpha value is -2.51. The molecule has 1 unspecified atom stereocenters. The summed E-state index contributed by atoms with van der Waals surface area (Å²) in [6, 6.07) is 1.63. The number of hydrogen-bond acceptors (Lipinski definition) is 3. The smallest absolute Gasteiger partial charge is 0.245 e. The molecule has 0 N–H and O–H groups in total. The molecule has 3 rings (SSSR count). The minimum absolute atomic E-state index is 0.132. The highest BCUT2D eigenvalue weighted by Gasteiger charge is 2.51. The maximum atomic E-state index is 14.0. The summed E-state index contributed by atoms with van der Waals surface area (Å²) >= 11 is 0. The number of halogens is 4. The number of nitrogens with zero attached hydrogens (tertiary/aromatic N) is 4. The van der Waals surface area contributed by atoms with Crippen molar-refractivity contribution in [2.75, 3.05) is 0 Å². The Bertz CT molecular complexity index is 776. The normalized spacial score (nSPS) is 21.8. The van der Waals surface area contributed by atoms with Gasteiger partial charge in [0.2, 0.25) is 0 Å². The van der Waals surface area contributed by atoms with Crippen LogP contribution in [0.1, 0.15) is 13.3 Å². The molecule has 1 aliphatic carbocycles. The predicted molar refractivity (Wildman–Crippen MR) is 75.5 cm³/mol. The van der Waals surface area contributed by atoms with Gasteiger partial charge in [-0.3, -0.25) is 0 Å². The molecule has 1 aliphatic rings. The second-order valence-corrected chi connectivity index (χ2v) is 5.49. The van der Waals surface area contributed by atoms with E-state index in [1.165, 1.54) is 24.9 Å². The Kier molecular flexibility index (Phi) is 3.54. The van der Waals surface area contributed by atoms with Crippen LogP contribution in [0.3, 0.4) is 0 Å². The van der Waals surface area contributed by atoms with Crippen LogP contribution in [0.5, 0.6) is 0 Å². The molecule has 120 valence electrons. The first-order valence-electron chi connectivity index (χ1n) is 6.76. The zero-order chi connectivity index (χ0) is 16.7. The lowest BCUT2D eigenvalue weighted by atomic mass is 9.81. The van der Waals surface area contributed by atoms with E-state index < -0.39 is 23.8 Å². The van der Waals surface area contributed by atoms with Gasteiger partial charge >= 0.3 is 6.18 Å². The molecule has 0 radical (unpaired) electrons. The van der Waals surface area contributed by atoms with Crippen molar-refractivity contribution >= 4 is 5.70 Å². The highest BCUT2D eigenvalue weighted by atomic mass is 19.4. The molecule has 4 nitrogen and oxygen atoms in total. The summed E-state index contributed by atoms with van der Waals surface area (Å²) < 4.78 is 54.6. The van der Waals surface area contributed by atoms with E-state index in [2.05, 4.69) is 15.1 Å². The molecule has 0 saturated carbocycles. The van der Waals surface area contributed by atoms with E-state index in [0.717, 1.165) is 23.8 Å². The summed E-state index contributed by atoms with van der Waals surface area (Å²) in [7, 11) is 0. The highest BCUT2D eigenvalue weighted by Crippen LogP contribution is 2.48. The summed E-state index contributed by atoms with van der Waals surface area (Å²) in [5.74, 6) is -0.732. The van der Waals surface area contributed by atoms with E-state index in [0.29, 0.717) is 11.3 Å². The van der Waals surface area contributed by atoms with Crippen molar-refractivity contribution in [3.8, 4) is 11.3 Å². The van der Waals surface area contributed by atoms with E-state index in [1.54, 1.807) is 6.07 Å². The number of alkyl halides is 3. The lowest BCUT2D eigenvalue weighted by molar-refractivity contribution is -0.198. The second-order valence-electron chi connectivity index (χ2n) is 5.49. The van der Waals surface area contributed by atoms with Gasteiger partial charge in [0.25, 0.3) is 0 Å². The predicted octanol–water partition coefficient (Wildman–Crippen LogP) is 4.01. The van der Waals surface area contributed by atoms with Gasteiger partial charge < -0.3 is 0 Å². The van der Waals surface area contributed by atoms with Crippen molar-refractivity contribution in [3.05, 3.63) is 49.0 Å². The first-order valence-corrected chi connectivity index (χ1v) is 6.76. The minimum atomic E-state index is -4.47. The molecule has 2 aromatic heterocycles. The molecular weight excluding hydrogens is 312 g/mol. The summed E-state index contributed by atoms with van der Waals surface area (Å²) in [6.45, 7) is 1.03. The van der Waals surface area contributed by atoms with Gasteiger partial charge in [-0.2, -0.15) is 18.3 Å². The van der Waals surface area contributed by atoms with Crippen LogP contribution < -0.4 is 0 Å². The zero-order valence-corrected chi connectivity index (χ0v) is 12.0. The van der Waals surface area contributed by atoms with Gasteiger partial charge in [-0.15, -0.1) is 0 Å². The molecule has 0 aliphatic heterocycles. The molecule has 0 fully saturated rings. The molecule has 2 aromatic rings. The molecule has 0 spiro atoms. The Morgan fingerprint density at radius 1 is 1.30 bits per heavy atom. The second kappa shape index (κ2) is 5.29. The van der Waals surface area contributed by atoms with Crippen molar-refractivity contribution in [1.29, 1.82) is 0 Å². The van der Waals surface area contributed by atoms with Gasteiger partial charge in [0.05, 0.1) is 23.0 Å². The van der Waals surface area contributed by atoms with Crippen LogP contribution in [0, 0.1) is 5.41 Å². The first kappa shape index (κ1) is 15.4. The van der Waals surface area contributed by atoms with Gasteiger partial charge in [-0.05, 0) is 19.1 Å². The first-order chi connectivity index (χ1) is 10.8. The van der Waals surface area contributed by atoms with E-state index in [4.69, 9.17) is 0 Å². The van der Waals surface area contributed by atoms with E-state index in [-0.39, 0.29) is 5.70 Å². The minimum Gasteiger partial charge on any atom is -0.245 e. The van der Waals surface area contributed by atoms with Crippen molar-refractivity contribution in [2.24, 2.45) is 5.41 Å². The average Bonchev–Trinajstić information content (AvgIpc) is 2.99. The molecule has 0 amide bonds. The molecule has 0 bridgehead atoms. The van der Waals surface area contributed by atoms with E-state index in [1.807, 2.05) is 0 Å². The quantitative estimate of drug-likeness (QED) is 0.784. The number of rotatable bonds is 2. The van der Waals surface area contributed by atoms with Gasteiger partial charge in [0, 0.05) is 24.4 Å². The topological polar surface area (TPSA) is 43.6 Å². The Morgan fingerprint density at radius 3 is 2.74 bits per heavy atom. The Labute approximate surface area is 129 Å². The van der Waals surface area contributed by atoms with Crippen molar-refractivity contribution < 1.29 is 17.6 Å². The lowest BCUT2D eigenvalue weighted by Crippen LogP contribution is -2.35. The highest BCUT2D eigenvalue weighted by molar-refractivity contribution is 5.61. The SMILES string of the molecule is CC1(C(F)(F)F)C=CC(F)=C(n2cc(-c3ccncn3)cn2)C1. The largest absolute Gasteiger partial charge is 0.397 e. The number of aromatic nitrogens is 4. The third-order valence-electron chi connectivity index (χ3n) is 3.79. The van der Waals surface area contributed by atoms with E-state index in [9.17, 15) is 17.6 Å². The summed E-state index contributed by atoms with van der Waals surface area (Å²) in [5.41, 5.74) is -1.14. The van der Waals surface area contributed by atoms with Gasteiger partial charge in [0.1, 0.15) is 12.2 Å². The fourth-order valence-corrected chi connectivity index (χ4v) is 2.29. The molecular formula is C15H12F4N4. The maximum absolute atomic E-state index is 14.0. The monoisotopic (exact) mass is 324 g/mol. The van der Waals surface area contributed by atoms with Crippen LogP contribution in [0.25, 0.3) is 17.0 Å². The summed E-state index contributed by atoms with van der Waals surface area (Å²) in [5, 5.41) is 3.97. The third kappa shape index (κ3) is 2.76. The van der Waals surface area contributed by atoms with Crippen LogP contribution in [-0.4, -0.2) is 25.9 Å². The number of allylic oxidation sites excluding steroid dienone is 4. The van der Waals surface area contributed by atoms with Crippen molar-refractivity contribution in [3.63, 3.8) is 0 Å². The lowest BCUT2D eigenvalue weighted by Gasteiger charge is -2.32. The molecule has 1 atom stereocenters. The van der Waals surface area contributed by atoms with Gasteiger partial charge in [-0.25, -0.2) is 19.0 Å². The molecule has 8 heteroatoms. The van der Waals surface area contributed by atoms with Crippen LogP contribution >= 0.6 is 0 Å². The fourth-order valence-electron chi connectivity index (χ4n) is 2.29. The maximum Gasteiger partial charge on any atom is 0.397 e. The molecule has 2 heterocycles. The summed E-state index contributed by atoms with van der Waals surface area (Å²) in [6.07, 6.45) is 2.44. The number of hydrogen-bond donors (Lipinski definition) is 0. The van der Waals surface area contributed by atoms with Crippen LogP contribution in [0.15, 0.2) is 49.0 Å². The van der Waals surface area contributed by atoms with E-state index >= 15 is 0 Å². The van der Waals surface area contributed by atoms with Crippen molar-refractivity contribution in [2.45, 2.75) is 19.5 Å². The third-order valence-corrected chi connectivity index (χ3v) is 3.79.